The highest BCUT2D eigenvalue weighted by Crippen LogP contribution is 2.17. The minimum absolute atomic E-state index is 0.200. The fourth-order valence-corrected chi connectivity index (χ4v) is 2.35. The van der Waals surface area contributed by atoms with Crippen molar-refractivity contribution in [3.63, 3.8) is 0 Å². The lowest BCUT2D eigenvalue weighted by molar-refractivity contribution is 0.0342. The normalized spacial score (nSPS) is 17.0. The van der Waals surface area contributed by atoms with Gasteiger partial charge in [0.15, 0.2) is 5.69 Å². The quantitative estimate of drug-likeness (QED) is 0.803. The third kappa shape index (κ3) is 4.44. The van der Waals surface area contributed by atoms with E-state index in [0.29, 0.717) is 19.2 Å². The molecule has 7 heteroatoms. The van der Waals surface area contributed by atoms with Gasteiger partial charge in [0.25, 0.3) is 6.01 Å². The zero-order chi connectivity index (χ0) is 15.5. The molecule has 0 unspecified atom stereocenters. The second kappa shape index (κ2) is 6.44. The van der Waals surface area contributed by atoms with Crippen molar-refractivity contribution in [2.75, 3.05) is 44.2 Å². The highest BCUT2D eigenvalue weighted by Gasteiger charge is 2.25. The van der Waals surface area contributed by atoms with Crippen LogP contribution in [-0.2, 0) is 4.74 Å². The number of hydrogen-bond donors (Lipinski definition) is 1. The van der Waals surface area contributed by atoms with E-state index in [1.165, 1.54) is 6.26 Å². The van der Waals surface area contributed by atoms with Crippen molar-refractivity contribution in [1.29, 1.82) is 0 Å². The summed E-state index contributed by atoms with van der Waals surface area (Å²) in [5.41, 5.74) is -0.492. The molecule has 0 aliphatic carbocycles. The minimum Gasteiger partial charge on any atom is -0.461 e. The van der Waals surface area contributed by atoms with Gasteiger partial charge in [-0.25, -0.2) is 4.79 Å². The summed E-state index contributed by atoms with van der Waals surface area (Å²) in [6, 6.07) is 0.445. The van der Waals surface area contributed by atoms with E-state index >= 15 is 0 Å². The average molecular weight is 297 g/mol. The van der Waals surface area contributed by atoms with E-state index in [-0.39, 0.29) is 5.69 Å². The molecule has 7 nitrogen and oxygen atoms in total. The van der Waals surface area contributed by atoms with Crippen molar-refractivity contribution in [3.05, 3.63) is 12.0 Å². The van der Waals surface area contributed by atoms with Crippen LogP contribution in [0.2, 0.25) is 0 Å². The molecule has 1 N–H and O–H groups in total. The molecule has 2 rings (SSSR count). The van der Waals surface area contributed by atoms with Crippen LogP contribution in [0.4, 0.5) is 6.01 Å². The van der Waals surface area contributed by atoms with Gasteiger partial charge in [0, 0.05) is 32.7 Å². The molecule has 0 atom stereocenters. The van der Waals surface area contributed by atoms with Crippen LogP contribution < -0.4 is 4.90 Å². The van der Waals surface area contributed by atoms with E-state index in [1.54, 1.807) is 20.8 Å². The van der Waals surface area contributed by atoms with Gasteiger partial charge in [0.1, 0.15) is 6.26 Å². The Hall–Kier alpha value is -1.60. The van der Waals surface area contributed by atoms with Crippen molar-refractivity contribution in [1.82, 2.24) is 9.88 Å². The summed E-state index contributed by atoms with van der Waals surface area (Å²) in [7, 11) is 0. The van der Waals surface area contributed by atoms with Gasteiger partial charge in [-0.05, 0) is 20.8 Å². The number of aromatic nitrogens is 1. The van der Waals surface area contributed by atoms with Crippen molar-refractivity contribution in [2.45, 2.75) is 26.4 Å². The monoisotopic (exact) mass is 297 g/mol. The zero-order valence-electron chi connectivity index (χ0n) is 12.8. The van der Waals surface area contributed by atoms with Crippen LogP contribution in [0.15, 0.2) is 10.7 Å². The first kappa shape index (κ1) is 15.8. The Morgan fingerprint density at radius 2 is 2.10 bits per heavy atom. The fraction of sp³-hybridized carbons (Fsp3) is 0.714. The second-order valence-corrected chi connectivity index (χ2v) is 5.81. The van der Waals surface area contributed by atoms with Crippen LogP contribution in [-0.4, -0.2) is 65.9 Å². The topological polar surface area (TPSA) is 79.0 Å². The molecule has 1 fully saturated rings. The van der Waals surface area contributed by atoms with E-state index in [9.17, 15) is 9.90 Å². The van der Waals surface area contributed by atoms with Gasteiger partial charge in [-0.15, -0.1) is 0 Å². The summed E-state index contributed by atoms with van der Waals surface area (Å²) in [5, 5.41) is 9.83. The fourth-order valence-electron chi connectivity index (χ4n) is 2.35. The van der Waals surface area contributed by atoms with E-state index in [1.807, 2.05) is 4.90 Å². The molecule has 0 saturated carbocycles. The number of carbonyl (C=O) groups is 1. The summed E-state index contributed by atoms with van der Waals surface area (Å²) >= 11 is 0. The number of anilines is 1. The van der Waals surface area contributed by atoms with Crippen LogP contribution in [0.25, 0.3) is 0 Å². The molecule has 1 aromatic heterocycles. The maximum atomic E-state index is 11.6. The summed E-state index contributed by atoms with van der Waals surface area (Å²) in [6.07, 6.45) is 1.33. The van der Waals surface area contributed by atoms with Crippen molar-refractivity contribution in [2.24, 2.45) is 0 Å². The number of nitrogens with zero attached hydrogens (tertiary/aromatic N) is 3. The van der Waals surface area contributed by atoms with Gasteiger partial charge in [-0.2, -0.15) is 4.98 Å². The minimum atomic E-state index is -0.692. The van der Waals surface area contributed by atoms with Gasteiger partial charge < -0.3 is 19.2 Å². The molecule has 0 amide bonds. The Bertz CT molecular complexity index is 473. The Morgan fingerprint density at radius 1 is 1.43 bits per heavy atom. The van der Waals surface area contributed by atoms with Crippen LogP contribution in [0.1, 0.15) is 31.3 Å². The summed E-state index contributed by atoms with van der Waals surface area (Å²) in [6.45, 7) is 9.45. The first-order chi connectivity index (χ1) is 9.89. The number of piperazine rings is 1. The molecular formula is C14H23N3O4. The summed E-state index contributed by atoms with van der Waals surface area (Å²) in [5.74, 6) is -0.465. The third-order valence-corrected chi connectivity index (χ3v) is 3.23. The lowest BCUT2D eigenvalue weighted by Gasteiger charge is -2.36. The molecule has 1 aliphatic heterocycles. The summed E-state index contributed by atoms with van der Waals surface area (Å²) in [4.78, 5) is 19.9. The Balaban J connectivity index is 1.89. The van der Waals surface area contributed by atoms with Crippen LogP contribution in [0.5, 0.6) is 0 Å². The molecule has 0 aromatic carbocycles. The predicted molar refractivity (Wildman–Crippen MR) is 77.4 cm³/mol. The Labute approximate surface area is 124 Å². The molecule has 118 valence electrons. The Morgan fingerprint density at radius 3 is 2.67 bits per heavy atom. The zero-order valence-corrected chi connectivity index (χ0v) is 12.8. The number of rotatable bonds is 5. The maximum Gasteiger partial charge on any atom is 0.360 e. The van der Waals surface area contributed by atoms with E-state index in [4.69, 9.17) is 9.15 Å². The van der Waals surface area contributed by atoms with Crippen LogP contribution in [0, 0.1) is 0 Å². The van der Waals surface area contributed by atoms with Crippen molar-refractivity contribution < 1.29 is 19.1 Å². The van der Waals surface area contributed by atoms with Crippen molar-refractivity contribution in [3.8, 4) is 0 Å². The average Bonchev–Trinajstić information content (AvgIpc) is 2.87. The molecule has 21 heavy (non-hydrogen) atoms. The van der Waals surface area contributed by atoms with Gasteiger partial charge in [-0.1, -0.05) is 0 Å². The van der Waals surface area contributed by atoms with E-state index < -0.39 is 11.6 Å². The van der Waals surface area contributed by atoms with Gasteiger partial charge in [-0.3, -0.25) is 4.90 Å². The molecule has 2 heterocycles. The molecule has 0 spiro atoms. The molecule has 0 radical (unpaired) electrons. The molecule has 1 aliphatic rings. The number of hydrogen-bond acceptors (Lipinski definition) is 7. The largest absolute Gasteiger partial charge is 0.461 e. The smallest absolute Gasteiger partial charge is 0.360 e. The number of esters is 1. The van der Waals surface area contributed by atoms with E-state index in [2.05, 4.69) is 9.88 Å². The van der Waals surface area contributed by atoms with E-state index in [0.717, 1.165) is 26.2 Å². The maximum absolute atomic E-state index is 11.6. The first-order valence-electron chi connectivity index (χ1n) is 7.21. The second-order valence-electron chi connectivity index (χ2n) is 5.81. The number of β-amino-alcohol motifs (C(OH)–C–C–N with tert-alkyl or cyclic N) is 1. The highest BCUT2D eigenvalue weighted by molar-refractivity contribution is 5.87. The molecule has 1 saturated heterocycles. The SMILES string of the molecule is CCOC(=O)c1coc(N2CCN(CC(C)(C)O)CC2)n1. The van der Waals surface area contributed by atoms with Gasteiger partial charge in [0.05, 0.1) is 12.2 Å². The summed E-state index contributed by atoms with van der Waals surface area (Å²) < 4.78 is 10.2. The molecular weight excluding hydrogens is 274 g/mol. The molecule has 0 bridgehead atoms. The van der Waals surface area contributed by atoms with Crippen molar-refractivity contribution >= 4 is 12.0 Å². The molecule has 1 aromatic rings. The number of oxazole rings is 1. The van der Waals surface area contributed by atoms with Crippen LogP contribution in [0.3, 0.4) is 0 Å². The number of ether oxygens (including phenoxy) is 1. The number of carbonyl (C=O) groups excluding carboxylic acids is 1. The Kier molecular flexibility index (Phi) is 4.84. The highest BCUT2D eigenvalue weighted by atomic mass is 16.5. The standard InChI is InChI=1S/C14H23N3O4/c1-4-20-12(18)11-9-21-13(15-11)17-7-5-16(6-8-17)10-14(2,3)19/h9,19H,4-8,10H2,1-3H3. The third-order valence-electron chi connectivity index (χ3n) is 3.23. The van der Waals surface area contributed by atoms with Gasteiger partial charge >= 0.3 is 5.97 Å². The lowest BCUT2D eigenvalue weighted by atomic mass is 10.1. The van der Waals surface area contributed by atoms with Gasteiger partial charge in [0.2, 0.25) is 0 Å². The lowest BCUT2D eigenvalue weighted by Crippen LogP contribution is -2.50. The predicted octanol–water partition coefficient (Wildman–Crippen LogP) is 0.744. The first-order valence-corrected chi connectivity index (χ1v) is 7.21. The number of aliphatic hydroxyl groups is 1. The van der Waals surface area contributed by atoms with Crippen LogP contribution >= 0.6 is 0 Å².